The fourth-order valence-corrected chi connectivity index (χ4v) is 3.40. The number of hydrogen-bond acceptors (Lipinski definition) is 7. The normalized spacial score (nSPS) is 11.0. The largest absolute Gasteiger partial charge is 0.420 e. The summed E-state index contributed by atoms with van der Waals surface area (Å²) < 4.78 is 11.9. The maximum absolute atomic E-state index is 12.7. The summed E-state index contributed by atoms with van der Waals surface area (Å²) in [5.74, 6) is -0.0838. The summed E-state index contributed by atoms with van der Waals surface area (Å²) in [4.78, 5) is 33.3. The lowest BCUT2D eigenvalue weighted by molar-refractivity contribution is -0.116. The van der Waals surface area contributed by atoms with Gasteiger partial charge in [0.25, 0.3) is 0 Å². The number of para-hydroxylation sites is 3. The van der Waals surface area contributed by atoms with Gasteiger partial charge in [-0.1, -0.05) is 35.5 Å². The Balaban J connectivity index is 1.34. The number of benzene rings is 2. The summed E-state index contributed by atoms with van der Waals surface area (Å²) in [5.41, 5.74) is 3.15. The molecule has 3 heterocycles. The average Bonchev–Trinajstić information content (AvgIpc) is 3.40. The Morgan fingerprint density at radius 1 is 1.03 bits per heavy atom. The van der Waals surface area contributed by atoms with Crippen molar-refractivity contribution in [3.8, 4) is 11.4 Å². The molecule has 0 radical (unpaired) electrons. The van der Waals surface area contributed by atoms with Crippen molar-refractivity contribution in [2.24, 2.45) is 0 Å². The molecule has 0 saturated carbocycles. The highest BCUT2D eigenvalue weighted by Crippen LogP contribution is 2.21. The van der Waals surface area contributed by atoms with Gasteiger partial charge in [-0.15, -0.1) is 0 Å². The second kappa shape index (κ2) is 8.31. The molecule has 0 aliphatic heterocycles. The van der Waals surface area contributed by atoms with Gasteiger partial charge in [-0.3, -0.25) is 14.3 Å². The molecule has 1 N–H and O–H groups in total. The number of nitrogens with one attached hydrogen (secondary N) is 1. The van der Waals surface area contributed by atoms with Crippen molar-refractivity contribution in [1.82, 2.24) is 19.7 Å². The Morgan fingerprint density at radius 3 is 2.75 bits per heavy atom. The Morgan fingerprint density at radius 2 is 1.88 bits per heavy atom. The molecule has 0 fully saturated rings. The monoisotopic (exact) mass is 427 g/mol. The van der Waals surface area contributed by atoms with E-state index in [2.05, 4.69) is 20.4 Å². The van der Waals surface area contributed by atoms with E-state index in [0.29, 0.717) is 34.9 Å². The van der Waals surface area contributed by atoms with Gasteiger partial charge in [-0.25, -0.2) is 4.79 Å². The van der Waals surface area contributed by atoms with Crippen LogP contribution >= 0.6 is 0 Å². The Bertz CT molecular complexity index is 1450. The van der Waals surface area contributed by atoms with Crippen LogP contribution in [0.1, 0.15) is 11.5 Å². The zero-order valence-electron chi connectivity index (χ0n) is 16.8. The highest BCUT2D eigenvalue weighted by Gasteiger charge is 2.15. The zero-order chi connectivity index (χ0) is 21.9. The number of hydrogen-bond donors (Lipinski definition) is 1. The number of rotatable bonds is 6. The highest BCUT2D eigenvalue weighted by molar-refractivity contribution is 5.92. The van der Waals surface area contributed by atoms with Crippen molar-refractivity contribution in [3.05, 3.63) is 95.1 Å². The summed E-state index contributed by atoms with van der Waals surface area (Å²) in [6.45, 7) is -0.171. The Kier molecular flexibility index (Phi) is 5.04. The summed E-state index contributed by atoms with van der Waals surface area (Å²) in [6, 6.07) is 17.9. The minimum Gasteiger partial charge on any atom is -0.408 e. The van der Waals surface area contributed by atoms with Crippen LogP contribution in [0.5, 0.6) is 0 Å². The maximum Gasteiger partial charge on any atom is 0.420 e. The van der Waals surface area contributed by atoms with E-state index in [4.69, 9.17) is 8.94 Å². The molecule has 0 saturated heterocycles. The third-order valence-corrected chi connectivity index (χ3v) is 4.90. The molecule has 3 aromatic heterocycles. The average molecular weight is 427 g/mol. The second-order valence-corrected chi connectivity index (χ2v) is 7.06. The molecular formula is C23H17N5O4. The third-order valence-electron chi connectivity index (χ3n) is 4.90. The molecule has 9 heteroatoms. The Labute approximate surface area is 181 Å². The van der Waals surface area contributed by atoms with Crippen molar-refractivity contribution in [2.45, 2.75) is 13.0 Å². The first-order chi connectivity index (χ1) is 15.7. The van der Waals surface area contributed by atoms with E-state index in [-0.39, 0.29) is 12.5 Å². The van der Waals surface area contributed by atoms with Crippen LogP contribution in [0.4, 0.5) is 5.69 Å². The molecule has 32 heavy (non-hydrogen) atoms. The van der Waals surface area contributed by atoms with Crippen LogP contribution in [-0.4, -0.2) is 25.6 Å². The quantitative estimate of drug-likeness (QED) is 0.442. The van der Waals surface area contributed by atoms with Crippen molar-refractivity contribution in [3.63, 3.8) is 0 Å². The van der Waals surface area contributed by atoms with Crippen molar-refractivity contribution >= 4 is 22.7 Å². The SMILES string of the molecule is O=C(Cn1c(=O)oc2ccccc21)Nc1ccccc1Cc1nc(-c2cccnc2)no1. The van der Waals surface area contributed by atoms with Gasteiger partial charge in [-0.05, 0) is 35.9 Å². The molecule has 0 aliphatic rings. The van der Waals surface area contributed by atoms with Crippen LogP contribution in [0.2, 0.25) is 0 Å². The zero-order valence-corrected chi connectivity index (χ0v) is 16.8. The molecule has 0 atom stereocenters. The first kappa shape index (κ1) is 19.4. The molecule has 5 aromatic rings. The van der Waals surface area contributed by atoms with Crippen molar-refractivity contribution < 1.29 is 13.7 Å². The van der Waals surface area contributed by atoms with Gasteiger partial charge in [0.05, 0.1) is 11.9 Å². The molecular weight excluding hydrogens is 410 g/mol. The molecule has 9 nitrogen and oxygen atoms in total. The lowest BCUT2D eigenvalue weighted by atomic mass is 10.1. The third kappa shape index (κ3) is 3.91. The Hall–Kier alpha value is -4.53. The number of fused-ring (bicyclic) bond motifs is 1. The fourth-order valence-electron chi connectivity index (χ4n) is 3.40. The van der Waals surface area contributed by atoms with Crippen LogP contribution in [0.25, 0.3) is 22.5 Å². The van der Waals surface area contributed by atoms with E-state index in [9.17, 15) is 9.59 Å². The first-order valence-corrected chi connectivity index (χ1v) is 9.86. The molecule has 5 rings (SSSR count). The summed E-state index contributed by atoms with van der Waals surface area (Å²) in [7, 11) is 0. The number of oxazole rings is 1. The molecule has 0 spiro atoms. The summed E-state index contributed by atoms with van der Waals surface area (Å²) in [6.07, 6.45) is 3.66. The number of anilines is 1. The van der Waals surface area contributed by atoms with Gasteiger partial charge in [0.2, 0.25) is 17.6 Å². The first-order valence-electron chi connectivity index (χ1n) is 9.86. The number of carbonyl (C=O) groups is 1. The molecule has 0 unspecified atom stereocenters. The van der Waals surface area contributed by atoms with E-state index in [0.717, 1.165) is 11.1 Å². The minimum atomic E-state index is -0.580. The highest BCUT2D eigenvalue weighted by atomic mass is 16.5. The molecule has 2 aromatic carbocycles. The number of pyridine rings is 1. The van der Waals surface area contributed by atoms with Gasteiger partial charge in [0.1, 0.15) is 6.54 Å². The van der Waals surface area contributed by atoms with Gasteiger partial charge < -0.3 is 14.3 Å². The standard InChI is InChI=1S/C23H17N5O4/c29-20(14-28-18-9-3-4-10-19(18)31-23(28)30)25-17-8-2-1-6-15(17)12-21-26-22(27-32-21)16-7-5-11-24-13-16/h1-11,13H,12,14H2,(H,25,29). The minimum absolute atomic E-state index is 0.171. The van der Waals surface area contributed by atoms with Crippen LogP contribution < -0.4 is 11.1 Å². The van der Waals surface area contributed by atoms with E-state index in [1.54, 1.807) is 48.8 Å². The lowest BCUT2D eigenvalue weighted by Gasteiger charge is -2.10. The van der Waals surface area contributed by atoms with Crippen LogP contribution in [0.3, 0.4) is 0 Å². The molecule has 1 amide bonds. The number of nitrogens with zero attached hydrogens (tertiary/aromatic N) is 4. The number of aromatic nitrogens is 4. The van der Waals surface area contributed by atoms with Gasteiger partial charge in [0.15, 0.2) is 5.58 Å². The molecule has 158 valence electrons. The lowest BCUT2D eigenvalue weighted by Crippen LogP contribution is -2.25. The van der Waals surface area contributed by atoms with Crippen LogP contribution in [0, 0.1) is 0 Å². The second-order valence-electron chi connectivity index (χ2n) is 7.06. The van der Waals surface area contributed by atoms with E-state index >= 15 is 0 Å². The van der Waals surface area contributed by atoms with Gasteiger partial charge >= 0.3 is 5.76 Å². The van der Waals surface area contributed by atoms with Crippen molar-refractivity contribution in [1.29, 1.82) is 0 Å². The van der Waals surface area contributed by atoms with Crippen LogP contribution in [-0.2, 0) is 17.8 Å². The van der Waals surface area contributed by atoms with E-state index in [1.807, 2.05) is 24.3 Å². The predicted molar refractivity (Wildman–Crippen MR) is 116 cm³/mol. The number of amides is 1. The summed E-state index contributed by atoms with van der Waals surface area (Å²) >= 11 is 0. The fraction of sp³-hybridized carbons (Fsp3) is 0.0870. The topological polar surface area (TPSA) is 116 Å². The van der Waals surface area contributed by atoms with Crippen molar-refractivity contribution in [2.75, 3.05) is 5.32 Å². The summed E-state index contributed by atoms with van der Waals surface area (Å²) in [5, 5.41) is 6.86. The number of carbonyl (C=O) groups excluding carboxylic acids is 1. The van der Waals surface area contributed by atoms with E-state index < -0.39 is 5.76 Å². The van der Waals surface area contributed by atoms with Gasteiger partial charge in [0, 0.05) is 23.6 Å². The predicted octanol–water partition coefficient (Wildman–Crippen LogP) is 3.27. The maximum atomic E-state index is 12.7. The van der Waals surface area contributed by atoms with Gasteiger partial charge in [-0.2, -0.15) is 4.98 Å². The molecule has 0 aliphatic carbocycles. The van der Waals surface area contributed by atoms with Crippen LogP contribution in [0.15, 0.2) is 86.8 Å². The smallest absolute Gasteiger partial charge is 0.408 e. The van der Waals surface area contributed by atoms with E-state index in [1.165, 1.54) is 4.57 Å². The molecule has 0 bridgehead atoms.